The van der Waals surface area contributed by atoms with Gasteiger partial charge in [0.1, 0.15) is 5.82 Å². The molecule has 12 nitrogen and oxygen atoms in total. The number of halogens is 1. The van der Waals surface area contributed by atoms with Gasteiger partial charge in [-0.15, -0.1) is 0 Å². The molecule has 14 heteroatoms. The zero-order valence-electron chi connectivity index (χ0n) is 24.1. The standard InChI is InChI=1S/C29H34FN7O5S/c1-3-4-13-42-26-25(27-31-18-22(32-27)16-20-5-7-21(30)8-6-20)33-28-24(37-10-9-34(2)43(37,39)40)17-23(19-36(28)29(26)38)35-11-14-41-15-12-35/h5-8,17-19H,3-4,9-16H2,1-2H3,(H,31,32). The van der Waals surface area contributed by atoms with E-state index in [-0.39, 0.29) is 29.5 Å². The summed E-state index contributed by atoms with van der Waals surface area (Å²) in [4.78, 5) is 28.8. The zero-order chi connectivity index (χ0) is 30.1. The van der Waals surface area contributed by atoms with Gasteiger partial charge in [-0.25, -0.2) is 14.4 Å². The van der Waals surface area contributed by atoms with Gasteiger partial charge < -0.3 is 19.4 Å². The average Bonchev–Trinajstić information content (AvgIpc) is 3.58. The Morgan fingerprint density at radius 3 is 2.58 bits per heavy atom. The first-order valence-electron chi connectivity index (χ1n) is 14.3. The molecule has 0 saturated carbocycles. The second-order valence-corrected chi connectivity index (χ2v) is 12.6. The third kappa shape index (κ3) is 5.69. The number of imidazole rings is 1. The first-order valence-corrected chi connectivity index (χ1v) is 15.7. The van der Waals surface area contributed by atoms with Crippen LogP contribution in [0, 0.1) is 5.82 Å². The number of H-pyrrole nitrogens is 1. The maximum atomic E-state index is 14.2. The van der Waals surface area contributed by atoms with Crippen LogP contribution in [0.3, 0.4) is 0 Å². The first kappa shape index (κ1) is 29.1. The van der Waals surface area contributed by atoms with Gasteiger partial charge in [-0.05, 0) is 30.2 Å². The van der Waals surface area contributed by atoms with Crippen LogP contribution in [0.2, 0.25) is 0 Å². The van der Waals surface area contributed by atoms with E-state index in [1.807, 2.05) is 6.92 Å². The van der Waals surface area contributed by atoms with Crippen molar-refractivity contribution in [1.29, 1.82) is 0 Å². The predicted octanol–water partition coefficient (Wildman–Crippen LogP) is 2.83. The minimum absolute atomic E-state index is 0.0279. The second-order valence-electron chi connectivity index (χ2n) is 10.6. The molecule has 43 heavy (non-hydrogen) atoms. The highest BCUT2D eigenvalue weighted by Gasteiger charge is 2.36. The Bertz CT molecular complexity index is 1790. The van der Waals surface area contributed by atoms with Crippen LogP contribution in [-0.4, -0.2) is 85.1 Å². The molecule has 2 fully saturated rings. The fourth-order valence-electron chi connectivity index (χ4n) is 5.25. The molecular formula is C29H34FN7O5S. The highest BCUT2D eigenvalue weighted by Crippen LogP contribution is 2.34. The van der Waals surface area contributed by atoms with Gasteiger partial charge in [0.05, 0.1) is 31.2 Å². The molecule has 2 aliphatic heterocycles. The molecule has 0 radical (unpaired) electrons. The molecule has 2 aliphatic rings. The highest BCUT2D eigenvalue weighted by atomic mass is 32.2. The number of unbranched alkanes of at least 4 members (excludes halogenated alkanes) is 1. The number of rotatable bonds is 9. The van der Waals surface area contributed by atoms with Crippen molar-refractivity contribution < 1.29 is 22.3 Å². The second kappa shape index (κ2) is 11.9. The van der Waals surface area contributed by atoms with Crippen LogP contribution < -0.4 is 19.5 Å². The van der Waals surface area contributed by atoms with E-state index in [1.54, 1.807) is 30.6 Å². The molecule has 0 unspecified atom stereocenters. The van der Waals surface area contributed by atoms with Crippen LogP contribution in [0.15, 0.2) is 47.5 Å². The summed E-state index contributed by atoms with van der Waals surface area (Å²) < 4.78 is 55.6. The quantitative estimate of drug-likeness (QED) is 0.287. The molecule has 0 amide bonds. The van der Waals surface area contributed by atoms with E-state index in [0.717, 1.165) is 24.1 Å². The van der Waals surface area contributed by atoms with Crippen molar-refractivity contribution in [3.05, 3.63) is 70.2 Å². The van der Waals surface area contributed by atoms with E-state index in [1.165, 1.54) is 32.2 Å². The summed E-state index contributed by atoms with van der Waals surface area (Å²) in [6.45, 7) is 5.08. The van der Waals surface area contributed by atoms with E-state index >= 15 is 0 Å². The normalized spacial score (nSPS) is 17.2. The fraction of sp³-hybridized carbons (Fsp3) is 0.414. The summed E-state index contributed by atoms with van der Waals surface area (Å²) in [5.74, 6) is 0.0236. The summed E-state index contributed by atoms with van der Waals surface area (Å²) in [5, 5.41) is 0. The molecule has 3 aromatic heterocycles. The number of hydrogen-bond acceptors (Lipinski definition) is 8. The van der Waals surface area contributed by atoms with Crippen LogP contribution in [0.25, 0.3) is 17.2 Å². The molecule has 6 rings (SSSR count). The first-order chi connectivity index (χ1) is 20.8. The molecule has 0 atom stereocenters. The fourth-order valence-corrected chi connectivity index (χ4v) is 6.59. The van der Waals surface area contributed by atoms with Crippen molar-refractivity contribution in [2.45, 2.75) is 26.2 Å². The van der Waals surface area contributed by atoms with E-state index in [4.69, 9.17) is 14.5 Å². The minimum Gasteiger partial charge on any atom is -0.486 e. The Labute approximate surface area is 248 Å². The largest absolute Gasteiger partial charge is 0.486 e. The molecule has 0 aliphatic carbocycles. The van der Waals surface area contributed by atoms with Crippen LogP contribution in [0.5, 0.6) is 5.75 Å². The van der Waals surface area contributed by atoms with Gasteiger partial charge in [-0.2, -0.15) is 12.7 Å². The van der Waals surface area contributed by atoms with Crippen molar-refractivity contribution in [2.24, 2.45) is 0 Å². The number of pyridine rings is 1. The van der Waals surface area contributed by atoms with Crippen molar-refractivity contribution in [1.82, 2.24) is 23.7 Å². The lowest BCUT2D eigenvalue weighted by Gasteiger charge is -2.30. The Kier molecular flexibility index (Phi) is 8.07. The number of aromatic nitrogens is 4. The highest BCUT2D eigenvalue weighted by molar-refractivity contribution is 7.90. The molecule has 0 bridgehead atoms. The maximum absolute atomic E-state index is 14.2. The Morgan fingerprint density at radius 1 is 1.12 bits per heavy atom. The van der Waals surface area contributed by atoms with Crippen LogP contribution in [0.4, 0.5) is 15.8 Å². The lowest BCUT2D eigenvalue weighted by atomic mass is 10.1. The molecule has 2 saturated heterocycles. The van der Waals surface area contributed by atoms with Crippen LogP contribution >= 0.6 is 0 Å². The number of aromatic amines is 1. The number of benzene rings is 1. The van der Waals surface area contributed by atoms with Crippen molar-refractivity contribution in [2.75, 3.05) is 62.3 Å². The van der Waals surface area contributed by atoms with Crippen LogP contribution in [0.1, 0.15) is 31.0 Å². The van der Waals surface area contributed by atoms with Gasteiger partial charge >= 0.3 is 15.8 Å². The average molecular weight is 612 g/mol. The van der Waals surface area contributed by atoms with Gasteiger partial charge in [0.2, 0.25) is 5.75 Å². The number of hydrogen-bond donors (Lipinski definition) is 1. The monoisotopic (exact) mass is 611 g/mol. The Balaban J connectivity index is 1.52. The predicted molar refractivity (Wildman–Crippen MR) is 161 cm³/mol. The zero-order valence-corrected chi connectivity index (χ0v) is 24.9. The topological polar surface area (TPSA) is 125 Å². The molecule has 5 heterocycles. The number of nitrogens with zero attached hydrogens (tertiary/aromatic N) is 6. The molecule has 0 spiro atoms. The Morgan fingerprint density at radius 2 is 1.88 bits per heavy atom. The van der Waals surface area contributed by atoms with Crippen molar-refractivity contribution >= 4 is 27.2 Å². The van der Waals surface area contributed by atoms with Gasteiger partial charge in [0, 0.05) is 57.7 Å². The summed E-state index contributed by atoms with van der Waals surface area (Å²) >= 11 is 0. The van der Waals surface area contributed by atoms with E-state index in [2.05, 4.69) is 14.9 Å². The van der Waals surface area contributed by atoms with Gasteiger partial charge in [0.15, 0.2) is 17.2 Å². The van der Waals surface area contributed by atoms with E-state index in [0.29, 0.717) is 63.1 Å². The lowest BCUT2D eigenvalue weighted by Crippen LogP contribution is -2.37. The number of anilines is 2. The molecule has 228 valence electrons. The molecule has 1 aromatic carbocycles. The third-order valence-electron chi connectivity index (χ3n) is 7.69. The number of likely N-dealkylation sites (N-methyl/N-ethyl adjacent to an activating group) is 1. The van der Waals surface area contributed by atoms with Gasteiger partial charge in [0.25, 0.3) is 0 Å². The number of fused-ring (bicyclic) bond motifs is 1. The summed E-state index contributed by atoms with van der Waals surface area (Å²) in [7, 11) is -2.30. The number of nitrogens with one attached hydrogen (secondary N) is 1. The summed E-state index contributed by atoms with van der Waals surface area (Å²) in [6.07, 6.45) is 5.38. The molecule has 4 aromatic rings. The van der Waals surface area contributed by atoms with E-state index in [9.17, 15) is 17.6 Å². The smallest absolute Gasteiger partial charge is 0.304 e. The molecule has 1 N–H and O–H groups in total. The minimum atomic E-state index is -3.82. The van der Waals surface area contributed by atoms with E-state index < -0.39 is 15.8 Å². The number of morpholine rings is 1. The third-order valence-corrected chi connectivity index (χ3v) is 9.60. The van der Waals surface area contributed by atoms with Crippen LogP contribution in [-0.2, 0) is 21.4 Å². The summed E-state index contributed by atoms with van der Waals surface area (Å²) in [6, 6.07) is 7.96. The maximum Gasteiger partial charge on any atom is 0.304 e. The Hall–Kier alpha value is -4.01. The van der Waals surface area contributed by atoms with Crippen molar-refractivity contribution in [3.8, 4) is 17.3 Å². The van der Waals surface area contributed by atoms with Crippen molar-refractivity contribution in [3.63, 3.8) is 0 Å². The van der Waals surface area contributed by atoms with Gasteiger partial charge in [-0.3, -0.25) is 13.5 Å². The number of ether oxygens (including phenoxy) is 2. The van der Waals surface area contributed by atoms with Gasteiger partial charge in [-0.1, -0.05) is 25.5 Å². The summed E-state index contributed by atoms with van der Waals surface area (Å²) in [5.41, 5.74) is 2.50. The lowest BCUT2D eigenvalue weighted by molar-refractivity contribution is 0.122. The SMILES string of the molecule is CCCCOc1c(-c2ncc(Cc3ccc(F)cc3)[nH]2)nc2c(N3CCN(C)S3(=O)=O)cc(N3CCOCC3)cn2c1=O. The molecular weight excluding hydrogens is 577 g/mol.